The Balaban J connectivity index is 2.04. The number of benzene rings is 1. The van der Waals surface area contributed by atoms with Gasteiger partial charge < -0.3 is 5.32 Å². The van der Waals surface area contributed by atoms with E-state index in [0.29, 0.717) is 0 Å². The van der Waals surface area contributed by atoms with Crippen LogP contribution in [0.2, 0.25) is 0 Å². The van der Waals surface area contributed by atoms with Crippen LogP contribution in [0.3, 0.4) is 0 Å². The lowest BCUT2D eigenvalue weighted by atomic mass is 9.47. The molecule has 1 aromatic carbocycles. The molecule has 0 aromatic heterocycles. The number of ketones is 1. The molecule has 124 valence electrons. The van der Waals surface area contributed by atoms with Crippen LogP contribution in [-0.2, 0) is 5.41 Å². The maximum atomic E-state index is 11.6. The Morgan fingerprint density at radius 3 is 2.30 bits per heavy atom. The molecule has 1 saturated carbocycles. The number of hydrogen-bond donors (Lipinski definition) is 1. The number of Topliss-reactive ketones (excluding diaryl/α,β-unsaturated/α-hetero) is 1. The molecular formula is C21H29NO. The Kier molecular flexibility index (Phi) is 3.79. The lowest BCUT2D eigenvalue weighted by Crippen LogP contribution is -2.54. The average molecular weight is 311 g/mol. The van der Waals surface area contributed by atoms with Crippen LogP contribution in [0, 0.1) is 10.8 Å². The molecule has 1 aliphatic heterocycles. The van der Waals surface area contributed by atoms with E-state index in [4.69, 9.17) is 0 Å². The molecule has 2 atom stereocenters. The molecule has 1 heterocycles. The molecule has 2 aliphatic rings. The number of carbonyl (C=O) groups excluding carboxylic acids is 1. The highest BCUT2D eigenvalue weighted by molar-refractivity contribution is 5.94. The third-order valence-corrected chi connectivity index (χ3v) is 6.77. The van der Waals surface area contributed by atoms with Gasteiger partial charge in [0, 0.05) is 29.5 Å². The summed E-state index contributed by atoms with van der Waals surface area (Å²) >= 11 is 0. The van der Waals surface area contributed by atoms with Crippen LogP contribution >= 0.6 is 0 Å². The first kappa shape index (κ1) is 16.4. The van der Waals surface area contributed by atoms with E-state index in [0.717, 1.165) is 18.7 Å². The van der Waals surface area contributed by atoms with Crippen LogP contribution in [0.4, 0.5) is 0 Å². The molecular weight excluding hydrogens is 282 g/mol. The van der Waals surface area contributed by atoms with Gasteiger partial charge in [-0.2, -0.15) is 0 Å². The molecule has 2 heteroatoms. The number of nitrogens with one attached hydrogen (secondary N) is 1. The van der Waals surface area contributed by atoms with Crippen molar-refractivity contribution in [2.75, 3.05) is 13.1 Å². The van der Waals surface area contributed by atoms with E-state index in [-0.39, 0.29) is 22.0 Å². The van der Waals surface area contributed by atoms with Crippen molar-refractivity contribution in [1.29, 1.82) is 0 Å². The Morgan fingerprint density at radius 1 is 1.04 bits per heavy atom. The summed E-state index contributed by atoms with van der Waals surface area (Å²) in [6.07, 6.45) is 4.81. The van der Waals surface area contributed by atoms with E-state index >= 15 is 0 Å². The summed E-state index contributed by atoms with van der Waals surface area (Å²) in [5, 5.41) is 3.54. The van der Waals surface area contributed by atoms with Crippen LogP contribution in [0.15, 0.2) is 35.9 Å². The van der Waals surface area contributed by atoms with Crippen molar-refractivity contribution < 1.29 is 4.79 Å². The highest BCUT2D eigenvalue weighted by atomic mass is 16.1. The fourth-order valence-corrected chi connectivity index (χ4v) is 4.81. The Morgan fingerprint density at radius 2 is 1.70 bits per heavy atom. The molecule has 0 spiro atoms. The minimum Gasteiger partial charge on any atom is -0.312 e. The summed E-state index contributed by atoms with van der Waals surface area (Å²) in [4.78, 5) is 11.6. The van der Waals surface area contributed by atoms with Crippen molar-refractivity contribution in [2.24, 2.45) is 10.8 Å². The molecule has 1 N–H and O–H groups in total. The van der Waals surface area contributed by atoms with Crippen molar-refractivity contribution in [3.05, 3.63) is 47.0 Å². The number of hydrogen-bond acceptors (Lipinski definition) is 2. The van der Waals surface area contributed by atoms with Gasteiger partial charge in [0.25, 0.3) is 0 Å². The summed E-state index contributed by atoms with van der Waals surface area (Å²) < 4.78 is 0. The minimum atomic E-state index is 0.102. The second-order valence-corrected chi connectivity index (χ2v) is 8.40. The summed E-state index contributed by atoms with van der Waals surface area (Å²) in [7, 11) is 0. The molecule has 0 saturated heterocycles. The molecule has 1 fully saturated rings. The first-order chi connectivity index (χ1) is 10.7. The number of carbonyl (C=O) groups is 1. The molecule has 3 rings (SSSR count). The zero-order valence-electron chi connectivity index (χ0n) is 15.1. The van der Waals surface area contributed by atoms with Gasteiger partial charge in [-0.3, -0.25) is 4.79 Å². The zero-order valence-corrected chi connectivity index (χ0v) is 15.1. The SMILES string of the molecule is CC(=O)c1ccc(C2(C)CCC3(C)CNCC=C3C2(C)C)cc1. The minimum absolute atomic E-state index is 0.102. The van der Waals surface area contributed by atoms with Gasteiger partial charge in [-0.05, 0) is 30.7 Å². The Labute approximate surface area is 140 Å². The molecule has 2 nitrogen and oxygen atoms in total. The topological polar surface area (TPSA) is 29.1 Å². The van der Waals surface area contributed by atoms with Crippen LogP contribution in [0.25, 0.3) is 0 Å². The van der Waals surface area contributed by atoms with Crippen LogP contribution in [0.1, 0.15) is 63.4 Å². The molecule has 0 bridgehead atoms. The van der Waals surface area contributed by atoms with Crippen LogP contribution < -0.4 is 5.32 Å². The van der Waals surface area contributed by atoms with E-state index in [1.165, 1.54) is 18.4 Å². The van der Waals surface area contributed by atoms with E-state index in [1.54, 1.807) is 12.5 Å². The summed E-state index contributed by atoms with van der Waals surface area (Å²) in [5.74, 6) is 0.137. The van der Waals surface area contributed by atoms with Crippen LogP contribution in [-0.4, -0.2) is 18.9 Å². The predicted molar refractivity (Wildman–Crippen MR) is 95.9 cm³/mol. The third-order valence-electron chi connectivity index (χ3n) is 6.77. The van der Waals surface area contributed by atoms with Crippen molar-refractivity contribution in [2.45, 2.75) is 52.9 Å². The van der Waals surface area contributed by atoms with Crippen molar-refractivity contribution >= 4 is 5.78 Å². The van der Waals surface area contributed by atoms with Gasteiger partial charge in [0.15, 0.2) is 5.78 Å². The van der Waals surface area contributed by atoms with Gasteiger partial charge in [-0.25, -0.2) is 0 Å². The lowest BCUT2D eigenvalue weighted by molar-refractivity contribution is 0.0912. The van der Waals surface area contributed by atoms with E-state index in [1.807, 2.05) is 12.1 Å². The van der Waals surface area contributed by atoms with Gasteiger partial charge >= 0.3 is 0 Å². The molecule has 2 unspecified atom stereocenters. The highest BCUT2D eigenvalue weighted by Gasteiger charge is 2.54. The number of rotatable bonds is 2. The predicted octanol–water partition coefficient (Wildman–Crippen LogP) is 4.50. The maximum Gasteiger partial charge on any atom is 0.159 e. The molecule has 0 amide bonds. The van der Waals surface area contributed by atoms with Gasteiger partial charge in [0.1, 0.15) is 0 Å². The molecule has 23 heavy (non-hydrogen) atoms. The smallest absolute Gasteiger partial charge is 0.159 e. The Bertz CT molecular complexity index is 655. The van der Waals surface area contributed by atoms with Crippen LogP contribution in [0.5, 0.6) is 0 Å². The molecule has 1 aromatic rings. The lowest BCUT2D eigenvalue weighted by Gasteiger charge is -2.58. The van der Waals surface area contributed by atoms with Crippen molar-refractivity contribution in [3.63, 3.8) is 0 Å². The monoisotopic (exact) mass is 311 g/mol. The quantitative estimate of drug-likeness (QED) is 0.643. The van der Waals surface area contributed by atoms with Gasteiger partial charge in [-0.1, -0.05) is 63.6 Å². The van der Waals surface area contributed by atoms with Gasteiger partial charge in [0.05, 0.1) is 0 Å². The van der Waals surface area contributed by atoms with E-state index in [9.17, 15) is 4.79 Å². The second kappa shape index (κ2) is 5.31. The second-order valence-electron chi connectivity index (χ2n) is 8.40. The standard InChI is InChI=1S/C21H29NO/c1-15(23)16-6-8-17(9-7-16)21(5)12-11-20(4)14-22-13-10-18(20)19(21,2)3/h6-10,22H,11-14H2,1-5H3. The van der Waals surface area contributed by atoms with Crippen molar-refractivity contribution in [1.82, 2.24) is 5.32 Å². The van der Waals surface area contributed by atoms with E-state index < -0.39 is 0 Å². The largest absolute Gasteiger partial charge is 0.312 e. The summed E-state index contributed by atoms with van der Waals surface area (Å²) in [6.45, 7) is 13.3. The third kappa shape index (κ3) is 2.39. The molecule has 0 radical (unpaired) electrons. The zero-order chi connectivity index (χ0) is 16.9. The molecule has 1 aliphatic carbocycles. The fourth-order valence-electron chi connectivity index (χ4n) is 4.81. The summed E-state index contributed by atoms with van der Waals surface area (Å²) in [5.41, 5.74) is 4.25. The van der Waals surface area contributed by atoms with Gasteiger partial charge in [-0.15, -0.1) is 0 Å². The highest BCUT2D eigenvalue weighted by Crippen LogP contribution is 2.60. The van der Waals surface area contributed by atoms with Gasteiger partial charge in [0.2, 0.25) is 0 Å². The first-order valence-corrected chi connectivity index (χ1v) is 8.74. The normalized spacial score (nSPS) is 32.8. The number of fused-ring (bicyclic) bond motifs is 1. The summed E-state index contributed by atoms with van der Waals surface area (Å²) in [6, 6.07) is 8.32. The Hall–Kier alpha value is -1.41. The van der Waals surface area contributed by atoms with Crippen molar-refractivity contribution in [3.8, 4) is 0 Å². The average Bonchev–Trinajstić information content (AvgIpc) is 2.52. The maximum absolute atomic E-state index is 11.6. The first-order valence-electron chi connectivity index (χ1n) is 8.74. The fraction of sp³-hybridized carbons (Fsp3) is 0.571. The van der Waals surface area contributed by atoms with E-state index in [2.05, 4.69) is 51.2 Å².